The van der Waals surface area contributed by atoms with Crippen molar-refractivity contribution in [2.45, 2.75) is 6.42 Å². The summed E-state index contributed by atoms with van der Waals surface area (Å²) < 4.78 is 21.9. The van der Waals surface area contributed by atoms with E-state index < -0.39 is 9.05 Å². The van der Waals surface area contributed by atoms with Gasteiger partial charge in [0.15, 0.2) is 0 Å². The first-order valence-electron chi connectivity index (χ1n) is 4.93. The molecule has 0 saturated carbocycles. The van der Waals surface area contributed by atoms with Crippen LogP contribution in [-0.2, 0) is 13.8 Å². The molecule has 1 aromatic heterocycles. The summed E-state index contributed by atoms with van der Waals surface area (Å²) in [6.07, 6.45) is 4.58. The highest BCUT2D eigenvalue weighted by Gasteiger charge is 2.33. The van der Waals surface area contributed by atoms with Gasteiger partial charge in [-0.25, -0.2) is 18.4 Å². The SMILES string of the molecule is O=C1CC(CS(=O)(=O)Cl)CN1c1cncnc1. The molecule has 1 aliphatic heterocycles. The number of anilines is 1. The smallest absolute Gasteiger partial charge is 0.232 e. The molecule has 2 heterocycles. The number of halogens is 1. The molecule has 1 aromatic rings. The molecule has 0 bridgehead atoms. The third-order valence-corrected chi connectivity index (χ3v) is 3.75. The van der Waals surface area contributed by atoms with E-state index >= 15 is 0 Å². The molecule has 92 valence electrons. The number of hydrogen-bond acceptors (Lipinski definition) is 5. The lowest BCUT2D eigenvalue weighted by atomic mass is 10.1. The summed E-state index contributed by atoms with van der Waals surface area (Å²) in [7, 11) is 1.60. The Morgan fingerprint density at radius 2 is 2.06 bits per heavy atom. The summed E-state index contributed by atoms with van der Waals surface area (Å²) in [6.45, 7) is 0.332. The largest absolute Gasteiger partial charge is 0.309 e. The fourth-order valence-corrected chi connectivity index (χ4v) is 3.18. The Bertz CT molecular complexity index is 520. The molecular weight excluding hydrogens is 266 g/mol. The van der Waals surface area contributed by atoms with Gasteiger partial charge >= 0.3 is 0 Å². The maximum atomic E-state index is 11.7. The van der Waals surface area contributed by atoms with Crippen molar-refractivity contribution in [2.75, 3.05) is 17.2 Å². The van der Waals surface area contributed by atoms with Gasteiger partial charge in [0, 0.05) is 29.6 Å². The molecule has 0 radical (unpaired) electrons. The van der Waals surface area contributed by atoms with Crippen molar-refractivity contribution in [1.82, 2.24) is 9.97 Å². The fraction of sp³-hybridized carbons (Fsp3) is 0.444. The van der Waals surface area contributed by atoms with Crippen molar-refractivity contribution in [3.63, 3.8) is 0 Å². The van der Waals surface area contributed by atoms with E-state index in [1.54, 1.807) is 0 Å². The van der Waals surface area contributed by atoms with Crippen LogP contribution in [0.2, 0.25) is 0 Å². The number of hydrogen-bond donors (Lipinski definition) is 0. The van der Waals surface area contributed by atoms with Gasteiger partial charge in [0.2, 0.25) is 15.0 Å². The lowest BCUT2D eigenvalue weighted by molar-refractivity contribution is -0.117. The lowest BCUT2D eigenvalue weighted by Gasteiger charge is -2.14. The average Bonchev–Trinajstić information content (AvgIpc) is 2.58. The van der Waals surface area contributed by atoms with Crippen molar-refractivity contribution in [3.05, 3.63) is 18.7 Å². The van der Waals surface area contributed by atoms with E-state index in [0.29, 0.717) is 12.2 Å². The molecule has 0 N–H and O–H groups in total. The standard InChI is InChI=1S/C9H10ClN3O3S/c10-17(15,16)5-7-1-9(14)13(4-7)8-2-11-6-12-3-8/h2-3,6-7H,1,4-5H2. The maximum Gasteiger partial charge on any atom is 0.232 e. The zero-order valence-corrected chi connectivity index (χ0v) is 10.4. The molecule has 1 fully saturated rings. The van der Waals surface area contributed by atoms with E-state index in [2.05, 4.69) is 9.97 Å². The van der Waals surface area contributed by atoms with E-state index in [4.69, 9.17) is 10.7 Å². The Kier molecular flexibility index (Phi) is 3.30. The van der Waals surface area contributed by atoms with Gasteiger partial charge in [0.05, 0.1) is 23.8 Å². The van der Waals surface area contributed by atoms with Crippen molar-refractivity contribution >= 4 is 31.3 Å². The van der Waals surface area contributed by atoms with Gasteiger partial charge in [-0.05, 0) is 0 Å². The molecule has 0 spiro atoms. The van der Waals surface area contributed by atoms with Crippen LogP contribution in [0.3, 0.4) is 0 Å². The van der Waals surface area contributed by atoms with E-state index in [0.717, 1.165) is 0 Å². The minimum atomic E-state index is -3.57. The van der Waals surface area contributed by atoms with Crippen molar-refractivity contribution in [1.29, 1.82) is 0 Å². The molecule has 8 heteroatoms. The number of carbonyl (C=O) groups excluding carboxylic acids is 1. The average molecular weight is 276 g/mol. The second kappa shape index (κ2) is 4.58. The fourth-order valence-electron chi connectivity index (χ4n) is 1.85. The third-order valence-electron chi connectivity index (χ3n) is 2.50. The predicted octanol–water partition coefficient (Wildman–Crippen LogP) is 0.398. The second-order valence-corrected chi connectivity index (χ2v) is 6.70. The zero-order valence-electron chi connectivity index (χ0n) is 8.78. The number of amides is 1. The Hall–Kier alpha value is -1.21. The van der Waals surface area contributed by atoms with Crippen LogP contribution in [0.1, 0.15) is 6.42 Å². The lowest BCUT2D eigenvalue weighted by Crippen LogP contribution is -2.25. The molecule has 0 aromatic carbocycles. The molecule has 1 aliphatic rings. The Labute approximate surface area is 103 Å². The molecule has 1 amide bonds. The van der Waals surface area contributed by atoms with Gasteiger partial charge in [-0.15, -0.1) is 0 Å². The van der Waals surface area contributed by atoms with Crippen molar-refractivity contribution in [2.24, 2.45) is 5.92 Å². The first-order chi connectivity index (χ1) is 7.96. The number of carbonyl (C=O) groups is 1. The van der Waals surface area contributed by atoms with E-state index in [1.807, 2.05) is 0 Å². The first kappa shape index (κ1) is 12.3. The second-order valence-electron chi connectivity index (χ2n) is 3.88. The Balaban J connectivity index is 2.11. The molecule has 1 atom stereocenters. The van der Waals surface area contributed by atoms with Crippen molar-refractivity contribution < 1.29 is 13.2 Å². The van der Waals surface area contributed by atoms with Crippen LogP contribution >= 0.6 is 10.7 Å². The summed E-state index contributed by atoms with van der Waals surface area (Å²) in [6, 6.07) is 0. The van der Waals surface area contributed by atoms with Gasteiger partial charge in [-0.2, -0.15) is 0 Å². The monoisotopic (exact) mass is 275 g/mol. The van der Waals surface area contributed by atoms with Crippen LogP contribution in [0, 0.1) is 5.92 Å². The molecule has 2 rings (SSSR count). The molecule has 0 aliphatic carbocycles. The van der Waals surface area contributed by atoms with Crippen LogP contribution in [0.25, 0.3) is 0 Å². The van der Waals surface area contributed by atoms with Gasteiger partial charge in [-0.1, -0.05) is 0 Å². The summed E-state index contributed by atoms with van der Waals surface area (Å²) in [5.41, 5.74) is 0.576. The first-order valence-corrected chi connectivity index (χ1v) is 7.41. The van der Waals surface area contributed by atoms with Crippen LogP contribution in [0.5, 0.6) is 0 Å². The molecule has 17 heavy (non-hydrogen) atoms. The highest BCUT2D eigenvalue weighted by molar-refractivity contribution is 8.13. The van der Waals surface area contributed by atoms with E-state index in [1.165, 1.54) is 23.6 Å². The Morgan fingerprint density at radius 1 is 1.41 bits per heavy atom. The summed E-state index contributed by atoms with van der Waals surface area (Å²) in [4.78, 5) is 20.8. The predicted molar refractivity (Wildman–Crippen MR) is 62.1 cm³/mol. The van der Waals surface area contributed by atoms with Crippen LogP contribution < -0.4 is 4.90 Å². The van der Waals surface area contributed by atoms with Gasteiger partial charge in [0.25, 0.3) is 0 Å². The summed E-state index contributed by atoms with van der Waals surface area (Å²) in [5, 5.41) is 0. The zero-order chi connectivity index (χ0) is 12.5. The highest BCUT2D eigenvalue weighted by Crippen LogP contribution is 2.25. The highest BCUT2D eigenvalue weighted by atomic mass is 35.7. The van der Waals surface area contributed by atoms with Gasteiger partial charge < -0.3 is 4.90 Å². The molecule has 1 unspecified atom stereocenters. The Morgan fingerprint density at radius 3 is 2.65 bits per heavy atom. The maximum absolute atomic E-state index is 11.7. The van der Waals surface area contributed by atoms with Crippen LogP contribution in [-0.4, -0.2) is 36.6 Å². The molecular formula is C9H10ClN3O3S. The molecule has 1 saturated heterocycles. The quantitative estimate of drug-likeness (QED) is 0.746. The van der Waals surface area contributed by atoms with Crippen LogP contribution in [0.4, 0.5) is 5.69 Å². The minimum absolute atomic E-state index is 0.134. The van der Waals surface area contributed by atoms with E-state index in [-0.39, 0.29) is 24.0 Å². The number of rotatable bonds is 3. The normalized spacial score (nSPS) is 20.9. The van der Waals surface area contributed by atoms with Crippen molar-refractivity contribution in [3.8, 4) is 0 Å². The number of aromatic nitrogens is 2. The summed E-state index contributed by atoms with van der Waals surface area (Å²) in [5.74, 6) is -0.597. The molecule has 6 nitrogen and oxygen atoms in total. The summed E-state index contributed by atoms with van der Waals surface area (Å²) >= 11 is 0. The third kappa shape index (κ3) is 3.13. The van der Waals surface area contributed by atoms with Crippen LogP contribution in [0.15, 0.2) is 18.7 Å². The minimum Gasteiger partial charge on any atom is -0.309 e. The van der Waals surface area contributed by atoms with Gasteiger partial charge in [-0.3, -0.25) is 4.79 Å². The topological polar surface area (TPSA) is 80.2 Å². The number of nitrogens with zero attached hydrogens (tertiary/aromatic N) is 3. The van der Waals surface area contributed by atoms with E-state index in [9.17, 15) is 13.2 Å². The van der Waals surface area contributed by atoms with Gasteiger partial charge in [0.1, 0.15) is 6.33 Å².